The van der Waals surface area contributed by atoms with E-state index in [-0.39, 0.29) is 12.5 Å². The molecule has 2 heterocycles. The van der Waals surface area contributed by atoms with Crippen molar-refractivity contribution in [3.63, 3.8) is 0 Å². The molecule has 6 nitrogen and oxygen atoms in total. The van der Waals surface area contributed by atoms with Crippen molar-refractivity contribution >= 4 is 21.5 Å². The Morgan fingerprint density at radius 2 is 1.69 bits per heavy atom. The molecule has 0 amide bonds. The molecule has 0 spiro atoms. The molecule has 1 aliphatic heterocycles. The Hall–Kier alpha value is -2.90. The van der Waals surface area contributed by atoms with Crippen molar-refractivity contribution in [1.82, 2.24) is 4.98 Å². The van der Waals surface area contributed by atoms with Gasteiger partial charge in [-0.15, -0.1) is 0 Å². The maximum absolute atomic E-state index is 12.6. The fraction of sp³-hybridized carbons (Fsp3) is 0.393. The number of aromatic nitrogens is 1. The molecule has 1 aliphatic rings. The first kappa shape index (κ1) is 25.2. The molecule has 2 aromatic carbocycles. The highest BCUT2D eigenvalue weighted by Gasteiger charge is 2.36. The number of pyridine rings is 1. The van der Waals surface area contributed by atoms with Gasteiger partial charge in [0.15, 0.2) is 11.5 Å². The van der Waals surface area contributed by atoms with Crippen molar-refractivity contribution in [3.05, 3.63) is 78.1 Å². The Balaban J connectivity index is 1.81. The van der Waals surface area contributed by atoms with Gasteiger partial charge in [-0.25, -0.2) is 0 Å². The number of unbranched alkanes of at least 4 members (excludes halogenated alkanes) is 2. The molecule has 0 aliphatic carbocycles. The molecule has 4 rings (SSSR count). The summed E-state index contributed by atoms with van der Waals surface area (Å²) in [5.41, 5.74) is 3.43. The molecule has 0 fully saturated rings. The Morgan fingerprint density at radius 1 is 0.943 bits per heavy atom. The minimum Gasteiger partial charge on any atom is -0.453 e. The smallest absolute Gasteiger partial charge is 0.273 e. The average molecular weight is 495 g/mol. The first-order valence-corrected chi connectivity index (χ1v) is 14.0. The molecule has 186 valence electrons. The number of para-hydroxylation sites is 2. The normalized spacial score (nSPS) is 14.5. The van der Waals surface area contributed by atoms with E-state index in [0.29, 0.717) is 5.69 Å². The standard InChI is InChI=1S/C28H34N2O4S/c1-3-5-11-21-16-17-27-25(19-21)30(24-14-7-8-15-26(24)34-27)22(12-6-4-2)20-28(35(31,32)33)23-13-9-10-18-29-23/h7-10,13-19,22,28H,3-6,11-12,20H2,1-2H3,(H,31,32,33). The lowest BCUT2D eigenvalue weighted by atomic mass is 9.97. The summed E-state index contributed by atoms with van der Waals surface area (Å²) in [5.74, 6) is 1.50. The van der Waals surface area contributed by atoms with E-state index in [1.165, 1.54) is 5.56 Å². The van der Waals surface area contributed by atoms with E-state index in [1.807, 2.05) is 30.3 Å². The Labute approximate surface area is 208 Å². The zero-order chi connectivity index (χ0) is 24.8. The molecule has 1 aromatic heterocycles. The van der Waals surface area contributed by atoms with Crippen LogP contribution in [0.25, 0.3) is 0 Å². The van der Waals surface area contributed by atoms with Crippen LogP contribution in [0.4, 0.5) is 11.4 Å². The molecule has 7 heteroatoms. The predicted molar refractivity (Wildman–Crippen MR) is 140 cm³/mol. The lowest BCUT2D eigenvalue weighted by Gasteiger charge is -2.40. The molecule has 3 aromatic rings. The maximum Gasteiger partial charge on any atom is 0.273 e. The summed E-state index contributed by atoms with van der Waals surface area (Å²) in [5, 5.41) is -1.12. The van der Waals surface area contributed by atoms with Crippen molar-refractivity contribution in [1.29, 1.82) is 0 Å². The second-order valence-electron chi connectivity index (χ2n) is 9.14. The van der Waals surface area contributed by atoms with Crippen molar-refractivity contribution in [2.24, 2.45) is 0 Å². The second kappa shape index (κ2) is 11.2. The summed E-state index contributed by atoms with van der Waals surface area (Å²) in [6.07, 6.45) is 7.63. The van der Waals surface area contributed by atoms with E-state index < -0.39 is 15.4 Å². The van der Waals surface area contributed by atoms with Crippen LogP contribution in [0.15, 0.2) is 66.9 Å². The zero-order valence-corrected chi connectivity index (χ0v) is 21.2. The number of benzene rings is 2. The van der Waals surface area contributed by atoms with Gasteiger partial charge in [-0.2, -0.15) is 8.42 Å². The first-order valence-electron chi connectivity index (χ1n) is 12.5. The van der Waals surface area contributed by atoms with Gasteiger partial charge < -0.3 is 9.64 Å². The van der Waals surface area contributed by atoms with Gasteiger partial charge in [0.25, 0.3) is 10.1 Å². The maximum atomic E-state index is 12.6. The SMILES string of the molecule is CCCCc1ccc2c(c1)N(C(CCCC)CC(c1ccccn1)S(=O)(=O)O)c1ccccc1O2. The summed E-state index contributed by atoms with van der Waals surface area (Å²) < 4.78 is 41.6. The summed E-state index contributed by atoms with van der Waals surface area (Å²) in [7, 11) is -4.37. The van der Waals surface area contributed by atoms with E-state index in [0.717, 1.165) is 61.4 Å². The number of rotatable bonds is 11. The van der Waals surface area contributed by atoms with Crippen LogP contribution in [0.1, 0.15) is 68.9 Å². The largest absolute Gasteiger partial charge is 0.453 e. The minimum absolute atomic E-state index is 0.186. The van der Waals surface area contributed by atoms with Crippen molar-refractivity contribution in [2.75, 3.05) is 4.90 Å². The van der Waals surface area contributed by atoms with E-state index in [2.05, 4.69) is 35.9 Å². The van der Waals surface area contributed by atoms with Gasteiger partial charge >= 0.3 is 0 Å². The van der Waals surface area contributed by atoms with Gasteiger partial charge in [0, 0.05) is 12.2 Å². The topological polar surface area (TPSA) is 79.7 Å². The highest BCUT2D eigenvalue weighted by molar-refractivity contribution is 7.86. The molecular formula is C28H34N2O4S. The average Bonchev–Trinajstić information content (AvgIpc) is 2.86. The number of aryl methyl sites for hydroxylation is 1. The van der Waals surface area contributed by atoms with Gasteiger partial charge in [0.2, 0.25) is 0 Å². The third-order valence-corrected chi connectivity index (χ3v) is 7.72. The van der Waals surface area contributed by atoms with Crippen LogP contribution in [-0.4, -0.2) is 24.0 Å². The third-order valence-electron chi connectivity index (χ3n) is 6.57. The molecule has 2 unspecified atom stereocenters. The van der Waals surface area contributed by atoms with E-state index in [4.69, 9.17) is 4.74 Å². The highest BCUT2D eigenvalue weighted by Crippen LogP contribution is 2.49. The molecule has 0 saturated carbocycles. The second-order valence-corrected chi connectivity index (χ2v) is 10.7. The molecule has 0 saturated heterocycles. The van der Waals surface area contributed by atoms with Crippen LogP contribution >= 0.6 is 0 Å². The summed E-state index contributed by atoms with van der Waals surface area (Å²) in [6.45, 7) is 4.30. The molecule has 1 N–H and O–H groups in total. The Kier molecular flexibility index (Phi) is 8.08. The Bertz CT molecular complexity index is 1230. The van der Waals surface area contributed by atoms with Crippen LogP contribution in [0.5, 0.6) is 11.5 Å². The highest BCUT2D eigenvalue weighted by atomic mass is 32.2. The van der Waals surface area contributed by atoms with E-state index >= 15 is 0 Å². The minimum atomic E-state index is -4.37. The number of hydrogen-bond donors (Lipinski definition) is 1. The fourth-order valence-corrected chi connectivity index (χ4v) is 5.67. The zero-order valence-electron chi connectivity index (χ0n) is 20.4. The quantitative estimate of drug-likeness (QED) is 0.283. The van der Waals surface area contributed by atoms with Crippen LogP contribution in [0.2, 0.25) is 0 Å². The lowest BCUT2D eigenvalue weighted by molar-refractivity contribution is 0.431. The predicted octanol–water partition coefficient (Wildman–Crippen LogP) is 7.25. The first-order chi connectivity index (χ1) is 16.9. The number of nitrogens with zero attached hydrogens (tertiary/aromatic N) is 2. The fourth-order valence-electron chi connectivity index (χ4n) is 4.76. The van der Waals surface area contributed by atoms with Gasteiger partial charge in [-0.3, -0.25) is 9.54 Å². The lowest BCUT2D eigenvalue weighted by Crippen LogP contribution is -2.36. The number of ether oxygens (including phenoxy) is 1. The van der Waals surface area contributed by atoms with Crippen LogP contribution in [0.3, 0.4) is 0 Å². The molecule has 2 atom stereocenters. The molecular weight excluding hydrogens is 460 g/mol. The molecule has 0 radical (unpaired) electrons. The Morgan fingerprint density at radius 3 is 2.40 bits per heavy atom. The van der Waals surface area contributed by atoms with Gasteiger partial charge in [-0.1, -0.05) is 57.4 Å². The number of anilines is 2. The van der Waals surface area contributed by atoms with Gasteiger partial charge in [0.05, 0.1) is 17.1 Å². The summed E-state index contributed by atoms with van der Waals surface area (Å²) in [6, 6.07) is 19.1. The van der Waals surface area contributed by atoms with Crippen LogP contribution in [0, 0.1) is 0 Å². The van der Waals surface area contributed by atoms with E-state index in [9.17, 15) is 13.0 Å². The molecule has 0 bridgehead atoms. The van der Waals surface area contributed by atoms with Gasteiger partial charge in [0.1, 0.15) is 5.25 Å². The number of fused-ring (bicyclic) bond motifs is 2. The van der Waals surface area contributed by atoms with Crippen LogP contribution < -0.4 is 9.64 Å². The van der Waals surface area contributed by atoms with E-state index in [1.54, 1.807) is 24.4 Å². The van der Waals surface area contributed by atoms with Crippen LogP contribution in [-0.2, 0) is 16.5 Å². The van der Waals surface area contributed by atoms with Crippen molar-refractivity contribution < 1.29 is 17.7 Å². The summed E-state index contributed by atoms with van der Waals surface area (Å²) >= 11 is 0. The number of hydrogen-bond acceptors (Lipinski definition) is 5. The molecule has 35 heavy (non-hydrogen) atoms. The van der Waals surface area contributed by atoms with Gasteiger partial charge in [-0.05, 0) is 67.6 Å². The monoisotopic (exact) mass is 494 g/mol. The third kappa shape index (κ3) is 5.85. The summed E-state index contributed by atoms with van der Waals surface area (Å²) in [4.78, 5) is 6.50. The van der Waals surface area contributed by atoms with Crippen molar-refractivity contribution in [2.45, 2.75) is 70.1 Å². The van der Waals surface area contributed by atoms with Crippen molar-refractivity contribution in [3.8, 4) is 11.5 Å².